The molecule has 5 rings (SSSR count). The Morgan fingerprint density at radius 2 is 1.39 bits per heavy atom. The van der Waals surface area contributed by atoms with Crippen LogP contribution in [0.4, 0.5) is 0 Å². The quantitative estimate of drug-likeness (QED) is 0.132. The summed E-state index contributed by atoms with van der Waals surface area (Å²) in [7, 11) is 0. The van der Waals surface area contributed by atoms with Crippen LogP contribution in [0.15, 0.2) is 89.7 Å². The van der Waals surface area contributed by atoms with Crippen molar-refractivity contribution in [3.63, 3.8) is 0 Å². The Balaban J connectivity index is 1.83. The lowest BCUT2D eigenvalue weighted by Gasteiger charge is -2.15. The zero-order chi connectivity index (χ0) is 29.1. The van der Waals surface area contributed by atoms with Crippen molar-refractivity contribution in [3.05, 3.63) is 110 Å². The molecule has 0 N–H and O–H groups in total. The van der Waals surface area contributed by atoms with Crippen LogP contribution in [-0.2, 0) is 9.53 Å². The molecule has 0 saturated heterocycles. The number of esters is 3. The SMILES string of the molecule is CCOC(=O)c1sc2c(c1OC(=O)c1ccccc1OC(C)=O)c(=O)n(-c1ccccc1)c(=S)n2-c1ccccc1. The molecule has 0 spiro atoms. The zero-order valence-corrected chi connectivity index (χ0v) is 23.5. The number of ether oxygens (including phenoxy) is 3. The van der Waals surface area contributed by atoms with E-state index in [4.69, 9.17) is 26.4 Å². The molecule has 0 aliphatic rings. The first-order chi connectivity index (χ1) is 19.8. The molecule has 2 heterocycles. The first-order valence-electron chi connectivity index (χ1n) is 12.4. The summed E-state index contributed by atoms with van der Waals surface area (Å²) < 4.78 is 19.3. The minimum Gasteiger partial charge on any atom is -0.462 e. The highest BCUT2D eigenvalue weighted by Gasteiger charge is 2.30. The van der Waals surface area contributed by atoms with E-state index < -0.39 is 23.5 Å². The Bertz CT molecular complexity index is 1910. The van der Waals surface area contributed by atoms with Crippen LogP contribution >= 0.6 is 23.6 Å². The van der Waals surface area contributed by atoms with Gasteiger partial charge in [0.25, 0.3) is 5.56 Å². The highest BCUT2D eigenvalue weighted by atomic mass is 32.1. The normalized spacial score (nSPS) is 10.8. The van der Waals surface area contributed by atoms with Crippen molar-refractivity contribution in [2.75, 3.05) is 6.61 Å². The number of carbonyl (C=O) groups is 3. The highest BCUT2D eigenvalue weighted by Crippen LogP contribution is 2.39. The Morgan fingerprint density at radius 1 is 0.805 bits per heavy atom. The van der Waals surface area contributed by atoms with Gasteiger partial charge in [0.05, 0.1) is 12.3 Å². The summed E-state index contributed by atoms with van der Waals surface area (Å²) in [6.45, 7) is 2.89. The van der Waals surface area contributed by atoms with Crippen molar-refractivity contribution in [1.82, 2.24) is 9.13 Å². The van der Waals surface area contributed by atoms with Gasteiger partial charge in [-0.05, 0) is 55.5 Å². The average Bonchev–Trinajstić information content (AvgIpc) is 3.33. The number of rotatable bonds is 7. The fraction of sp³-hybridized carbons (Fsp3) is 0.100. The molecule has 0 unspecified atom stereocenters. The second-order valence-electron chi connectivity index (χ2n) is 8.57. The minimum atomic E-state index is -0.938. The van der Waals surface area contributed by atoms with Gasteiger partial charge < -0.3 is 14.2 Å². The molecular formula is C30H22N2O7S2. The predicted octanol–water partition coefficient (Wildman–Crippen LogP) is 5.89. The van der Waals surface area contributed by atoms with Crippen LogP contribution in [0, 0.1) is 4.77 Å². The number of para-hydroxylation sites is 3. The third kappa shape index (κ3) is 5.32. The van der Waals surface area contributed by atoms with Crippen molar-refractivity contribution in [1.29, 1.82) is 0 Å². The lowest BCUT2D eigenvalue weighted by atomic mass is 10.2. The standard InChI is InChI=1S/C30H22N2O7S2/c1-3-37-29(36)25-24(39-28(35)21-16-10-11-17-22(21)38-18(2)33)23-26(34)31(19-12-6-4-7-13-19)30(40)32(27(23)41-25)20-14-8-5-9-15-20/h4-17H,3H2,1-2H3. The zero-order valence-electron chi connectivity index (χ0n) is 21.9. The predicted molar refractivity (Wildman–Crippen MR) is 156 cm³/mol. The van der Waals surface area contributed by atoms with Gasteiger partial charge in [0.15, 0.2) is 15.4 Å². The molecule has 41 heavy (non-hydrogen) atoms. The molecule has 9 nitrogen and oxygen atoms in total. The molecule has 0 saturated carbocycles. The number of hydrogen-bond acceptors (Lipinski definition) is 9. The maximum Gasteiger partial charge on any atom is 0.352 e. The van der Waals surface area contributed by atoms with Gasteiger partial charge in [-0.1, -0.05) is 48.5 Å². The van der Waals surface area contributed by atoms with Crippen LogP contribution in [0.25, 0.3) is 21.6 Å². The maximum absolute atomic E-state index is 14.2. The van der Waals surface area contributed by atoms with Gasteiger partial charge in [0.2, 0.25) is 0 Å². The van der Waals surface area contributed by atoms with Crippen molar-refractivity contribution in [3.8, 4) is 22.9 Å². The van der Waals surface area contributed by atoms with E-state index in [1.165, 1.54) is 23.6 Å². The molecule has 0 bridgehead atoms. The molecular weight excluding hydrogens is 564 g/mol. The third-order valence-electron chi connectivity index (χ3n) is 5.89. The number of aromatic nitrogens is 2. The summed E-state index contributed by atoms with van der Waals surface area (Å²) in [4.78, 5) is 52.6. The number of thiophene rings is 1. The molecule has 0 aliphatic carbocycles. The van der Waals surface area contributed by atoms with Crippen molar-refractivity contribution >= 4 is 51.7 Å². The monoisotopic (exact) mass is 586 g/mol. The first-order valence-corrected chi connectivity index (χ1v) is 13.7. The minimum absolute atomic E-state index is 0.0314. The molecule has 2 aromatic heterocycles. The lowest BCUT2D eigenvalue weighted by Crippen LogP contribution is -2.24. The van der Waals surface area contributed by atoms with E-state index in [1.807, 2.05) is 18.2 Å². The highest BCUT2D eigenvalue weighted by molar-refractivity contribution is 7.71. The maximum atomic E-state index is 14.2. The van der Waals surface area contributed by atoms with Crippen molar-refractivity contribution in [2.45, 2.75) is 13.8 Å². The Labute approximate surface area is 242 Å². The van der Waals surface area contributed by atoms with Gasteiger partial charge in [0.1, 0.15) is 21.5 Å². The van der Waals surface area contributed by atoms with E-state index >= 15 is 0 Å². The van der Waals surface area contributed by atoms with E-state index in [0.29, 0.717) is 11.4 Å². The smallest absolute Gasteiger partial charge is 0.352 e. The summed E-state index contributed by atoms with van der Waals surface area (Å²) in [6, 6.07) is 23.8. The third-order valence-corrected chi connectivity index (χ3v) is 7.39. The van der Waals surface area contributed by atoms with Gasteiger partial charge in [-0.15, -0.1) is 11.3 Å². The van der Waals surface area contributed by atoms with Crippen LogP contribution < -0.4 is 15.0 Å². The summed E-state index contributed by atoms with van der Waals surface area (Å²) >= 11 is 6.75. The number of carbonyl (C=O) groups excluding carboxylic acids is 3. The van der Waals surface area contributed by atoms with Crippen LogP contribution in [-0.4, -0.2) is 33.6 Å². The van der Waals surface area contributed by atoms with Gasteiger partial charge >= 0.3 is 17.9 Å². The fourth-order valence-electron chi connectivity index (χ4n) is 4.20. The molecule has 0 radical (unpaired) electrons. The molecule has 0 aliphatic heterocycles. The molecule has 0 fully saturated rings. The Kier molecular flexibility index (Phi) is 7.90. The molecule has 11 heteroatoms. The van der Waals surface area contributed by atoms with Crippen molar-refractivity contribution in [2.24, 2.45) is 0 Å². The van der Waals surface area contributed by atoms with E-state index in [0.717, 1.165) is 11.3 Å². The Morgan fingerprint density at radius 3 is 2.00 bits per heavy atom. The molecule has 5 aromatic rings. The fourth-order valence-corrected chi connectivity index (χ4v) is 5.78. The van der Waals surface area contributed by atoms with Gasteiger partial charge in [0, 0.05) is 12.6 Å². The largest absolute Gasteiger partial charge is 0.462 e. The summed E-state index contributed by atoms with van der Waals surface area (Å²) in [5, 5.41) is -0.0438. The first kappa shape index (κ1) is 27.7. The second-order valence-corrected chi connectivity index (χ2v) is 9.93. The van der Waals surface area contributed by atoms with E-state index in [-0.39, 0.29) is 43.5 Å². The number of hydrogen-bond donors (Lipinski definition) is 0. The topological polar surface area (TPSA) is 106 Å². The summed E-state index contributed by atoms with van der Waals surface area (Å²) in [6.07, 6.45) is 0. The van der Waals surface area contributed by atoms with Gasteiger partial charge in [-0.25, -0.2) is 9.59 Å². The molecule has 3 aromatic carbocycles. The van der Waals surface area contributed by atoms with Gasteiger partial charge in [-0.2, -0.15) is 0 Å². The van der Waals surface area contributed by atoms with E-state index in [2.05, 4.69) is 0 Å². The number of fused-ring (bicyclic) bond motifs is 1. The molecule has 0 atom stereocenters. The number of benzene rings is 3. The van der Waals surface area contributed by atoms with Crippen LogP contribution in [0.1, 0.15) is 33.9 Å². The second kappa shape index (κ2) is 11.7. The molecule has 206 valence electrons. The summed E-state index contributed by atoms with van der Waals surface area (Å²) in [5.74, 6) is -2.66. The lowest BCUT2D eigenvalue weighted by molar-refractivity contribution is -0.131. The van der Waals surface area contributed by atoms with E-state index in [9.17, 15) is 19.2 Å². The van der Waals surface area contributed by atoms with Crippen LogP contribution in [0.3, 0.4) is 0 Å². The van der Waals surface area contributed by atoms with Gasteiger partial charge in [-0.3, -0.25) is 18.7 Å². The van der Waals surface area contributed by atoms with Crippen LogP contribution in [0.5, 0.6) is 11.5 Å². The average molecular weight is 587 g/mol. The van der Waals surface area contributed by atoms with E-state index in [1.54, 1.807) is 66.1 Å². The van der Waals surface area contributed by atoms with Crippen molar-refractivity contribution < 1.29 is 28.6 Å². The van der Waals surface area contributed by atoms with Crippen LogP contribution in [0.2, 0.25) is 0 Å². The Hall–Kier alpha value is -4.87. The summed E-state index contributed by atoms with van der Waals surface area (Å²) in [5.41, 5.74) is 0.444. The molecule has 0 amide bonds. The number of nitrogens with zero attached hydrogens (tertiary/aromatic N) is 2.